The lowest BCUT2D eigenvalue weighted by molar-refractivity contribution is 0.503. The first-order chi connectivity index (χ1) is 10.2. The molecule has 0 radical (unpaired) electrons. The summed E-state index contributed by atoms with van der Waals surface area (Å²) in [6.45, 7) is 1.70. The zero-order valence-electron chi connectivity index (χ0n) is 11.4. The maximum absolute atomic E-state index is 6.24. The van der Waals surface area contributed by atoms with E-state index in [0.717, 1.165) is 35.5 Å². The molecular formula is C15H14Cl2N4. The molecule has 0 bridgehead atoms. The lowest BCUT2D eigenvalue weighted by Crippen LogP contribution is -2.14. The highest BCUT2D eigenvalue weighted by Gasteiger charge is 2.16. The molecule has 0 unspecified atom stereocenters. The number of halogens is 2. The summed E-state index contributed by atoms with van der Waals surface area (Å²) in [5.41, 5.74) is 1.03. The number of rotatable bonds is 2. The predicted molar refractivity (Wildman–Crippen MR) is 84.0 cm³/mol. The van der Waals surface area contributed by atoms with Gasteiger partial charge in [-0.15, -0.1) is 10.2 Å². The van der Waals surface area contributed by atoms with E-state index in [2.05, 4.69) is 19.3 Å². The number of fused-ring (bicyclic) bond motifs is 2. The van der Waals surface area contributed by atoms with Gasteiger partial charge in [-0.1, -0.05) is 23.2 Å². The molecule has 0 saturated carbocycles. The topological polar surface area (TPSA) is 35.6 Å². The Hall–Kier alpha value is -1.52. The van der Waals surface area contributed by atoms with Crippen LogP contribution in [0.3, 0.4) is 0 Å². The molecule has 1 aromatic carbocycles. The van der Waals surface area contributed by atoms with Gasteiger partial charge in [0, 0.05) is 29.6 Å². The van der Waals surface area contributed by atoms with Crippen molar-refractivity contribution < 1.29 is 0 Å². The number of nitrogens with zero attached hydrogens (tertiary/aromatic N) is 4. The average molecular weight is 321 g/mol. The summed E-state index contributed by atoms with van der Waals surface area (Å²) >= 11 is 12.4. The molecule has 3 aromatic rings. The monoisotopic (exact) mass is 320 g/mol. The van der Waals surface area contributed by atoms with E-state index in [0.29, 0.717) is 16.6 Å². The van der Waals surface area contributed by atoms with Crippen molar-refractivity contribution in [3.05, 3.63) is 46.1 Å². The van der Waals surface area contributed by atoms with E-state index in [-0.39, 0.29) is 0 Å². The van der Waals surface area contributed by atoms with Crippen LogP contribution in [0.4, 0.5) is 0 Å². The summed E-state index contributed by atoms with van der Waals surface area (Å²) in [6, 6.07) is 5.73. The SMILES string of the molecule is Clc1cc(Cl)c2ccn(Cc3nnc4n3CCCC4)c2c1. The van der Waals surface area contributed by atoms with Crippen LogP contribution in [-0.2, 0) is 19.5 Å². The molecule has 0 spiro atoms. The van der Waals surface area contributed by atoms with Crippen LogP contribution < -0.4 is 0 Å². The fraction of sp³-hybridized carbons (Fsp3) is 0.333. The van der Waals surface area contributed by atoms with Gasteiger partial charge in [0.15, 0.2) is 5.82 Å². The fourth-order valence-corrected chi connectivity index (χ4v) is 3.54. The van der Waals surface area contributed by atoms with Gasteiger partial charge in [0.25, 0.3) is 0 Å². The second kappa shape index (κ2) is 5.04. The Kier molecular flexibility index (Phi) is 3.16. The molecule has 4 nitrogen and oxygen atoms in total. The summed E-state index contributed by atoms with van der Waals surface area (Å²) in [5.74, 6) is 2.10. The van der Waals surface area contributed by atoms with Crippen LogP contribution in [0.1, 0.15) is 24.5 Å². The second-order valence-electron chi connectivity index (χ2n) is 5.41. The number of benzene rings is 1. The molecule has 1 aliphatic rings. The van der Waals surface area contributed by atoms with Crippen molar-refractivity contribution in [2.24, 2.45) is 0 Å². The molecule has 0 atom stereocenters. The summed E-state index contributed by atoms with van der Waals surface area (Å²) in [5, 5.41) is 11.0. The van der Waals surface area contributed by atoms with Crippen LogP contribution in [-0.4, -0.2) is 19.3 Å². The summed E-state index contributed by atoms with van der Waals surface area (Å²) < 4.78 is 4.36. The van der Waals surface area contributed by atoms with E-state index in [1.807, 2.05) is 18.3 Å². The fourth-order valence-electron chi connectivity index (χ4n) is 2.99. The number of aryl methyl sites for hydroxylation is 1. The van der Waals surface area contributed by atoms with Crippen molar-refractivity contribution in [3.63, 3.8) is 0 Å². The molecule has 0 amide bonds. The Balaban J connectivity index is 1.76. The van der Waals surface area contributed by atoms with E-state index >= 15 is 0 Å². The lowest BCUT2D eigenvalue weighted by Gasteiger charge is -2.15. The normalized spacial score (nSPS) is 14.6. The maximum atomic E-state index is 6.24. The van der Waals surface area contributed by atoms with Crippen molar-refractivity contribution >= 4 is 34.1 Å². The van der Waals surface area contributed by atoms with Gasteiger partial charge in [0.05, 0.1) is 17.1 Å². The quantitative estimate of drug-likeness (QED) is 0.717. The summed E-state index contributed by atoms with van der Waals surface area (Å²) in [6.07, 6.45) is 5.45. The minimum absolute atomic E-state index is 0.649. The number of aromatic nitrogens is 4. The van der Waals surface area contributed by atoms with Crippen LogP contribution in [0.5, 0.6) is 0 Å². The highest BCUT2D eigenvalue weighted by atomic mass is 35.5. The summed E-state index contributed by atoms with van der Waals surface area (Å²) in [7, 11) is 0. The Bertz CT molecular complexity index is 819. The van der Waals surface area contributed by atoms with Gasteiger partial charge in [-0.05, 0) is 31.0 Å². The molecular weight excluding hydrogens is 307 g/mol. The van der Waals surface area contributed by atoms with Crippen LogP contribution in [0.25, 0.3) is 10.9 Å². The largest absolute Gasteiger partial charge is 0.340 e. The molecule has 108 valence electrons. The van der Waals surface area contributed by atoms with Gasteiger partial charge >= 0.3 is 0 Å². The third-order valence-electron chi connectivity index (χ3n) is 4.05. The van der Waals surface area contributed by atoms with Gasteiger partial charge in [0.2, 0.25) is 0 Å². The molecule has 0 N–H and O–H groups in total. The van der Waals surface area contributed by atoms with E-state index in [1.54, 1.807) is 6.07 Å². The van der Waals surface area contributed by atoms with Gasteiger partial charge in [-0.25, -0.2) is 0 Å². The van der Waals surface area contributed by atoms with Crippen LogP contribution in [0, 0.1) is 0 Å². The molecule has 4 rings (SSSR count). The van der Waals surface area contributed by atoms with Crippen LogP contribution in [0.2, 0.25) is 10.0 Å². The van der Waals surface area contributed by atoms with Gasteiger partial charge in [0.1, 0.15) is 5.82 Å². The molecule has 1 aliphatic heterocycles. The Morgan fingerprint density at radius 2 is 2.05 bits per heavy atom. The van der Waals surface area contributed by atoms with Gasteiger partial charge < -0.3 is 9.13 Å². The first-order valence-electron chi connectivity index (χ1n) is 7.07. The molecule has 0 aliphatic carbocycles. The average Bonchev–Trinajstić information content (AvgIpc) is 3.05. The predicted octanol–water partition coefficient (Wildman–Crippen LogP) is 3.92. The van der Waals surface area contributed by atoms with Gasteiger partial charge in [-0.2, -0.15) is 0 Å². The lowest BCUT2D eigenvalue weighted by atomic mass is 10.2. The molecule has 3 heterocycles. The Morgan fingerprint density at radius 1 is 1.14 bits per heavy atom. The molecule has 21 heavy (non-hydrogen) atoms. The highest BCUT2D eigenvalue weighted by molar-refractivity contribution is 6.38. The van der Waals surface area contributed by atoms with E-state index < -0.39 is 0 Å². The minimum Gasteiger partial charge on any atom is -0.340 e. The van der Waals surface area contributed by atoms with E-state index in [1.165, 1.54) is 12.8 Å². The number of hydrogen-bond donors (Lipinski definition) is 0. The van der Waals surface area contributed by atoms with Gasteiger partial charge in [-0.3, -0.25) is 0 Å². The zero-order valence-corrected chi connectivity index (χ0v) is 12.9. The Morgan fingerprint density at radius 3 is 2.95 bits per heavy atom. The molecule has 6 heteroatoms. The van der Waals surface area contributed by atoms with Crippen LogP contribution >= 0.6 is 23.2 Å². The highest BCUT2D eigenvalue weighted by Crippen LogP contribution is 2.29. The van der Waals surface area contributed by atoms with Crippen LogP contribution in [0.15, 0.2) is 24.4 Å². The minimum atomic E-state index is 0.649. The smallest absolute Gasteiger partial charge is 0.153 e. The third-order valence-corrected chi connectivity index (χ3v) is 4.58. The standard InChI is InChI=1S/C15H14Cl2N4/c16-10-7-12(17)11-4-6-20(13(11)8-10)9-15-19-18-14-3-1-2-5-21(14)15/h4,6-8H,1-3,5,9H2. The van der Waals surface area contributed by atoms with E-state index in [4.69, 9.17) is 23.2 Å². The van der Waals surface area contributed by atoms with Crippen molar-refractivity contribution in [1.29, 1.82) is 0 Å². The van der Waals surface area contributed by atoms with E-state index in [9.17, 15) is 0 Å². The first-order valence-corrected chi connectivity index (χ1v) is 7.83. The zero-order chi connectivity index (χ0) is 14.4. The third kappa shape index (κ3) is 2.23. The first kappa shape index (κ1) is 13.2. The summed E-state index contributed by atoms with van der Waals surface area (Å²) in [4.78, 5) is 0. The number of hydrogen-bond acceptors (Lipinski definition) is 2. The maximum Gasteiger partial charge on any atom is 0.153 e. The molecule has 2 aromatic heterocycles. The Labute approximate surface area is 132 Å². The molecule has 0 saturated heterocycles. The van der Waals surface area contributed by atoms with Crippen molar-refractivity contribution in [3.8, 4) is 0 Å². The van der Waals surface area contributed by atoms with Crippen molar-refractivity contribution in [2.75, 3.05) is 0 Å². The van der Waals surface area contributed by atoms with Crippen molar-refractivity contribution in [1.82, 2.24) is 19.3 Å². The second-order valence-corrected chi connectivity index (χ2v) is 6.25. The van der Waals surface area contributed by atoms with Crippen molar-refractivity contribution in [2.45, 2.75) is 32.4 Å². The molecule has 0 fully saturated rings.